The molecular weight excluding hydrogens is 188 g/mol. The van der Waals surface area contributed by atoms with Gasteiger partial charge < -0.3 is 10.2 Å². The smallest absolute Gasteiger partial charge is 0.0978 e. The van der Waals surface area contributed by atoms with Gasteiger partial charge in [0.15, 0.2) is 0 Å². The van der Waals surface area contributed by atoms with Crippen molar-refractivity contribution in [3.05, 3.63) is 12.7 Å². The summed E-state index contributed by atoms with van der Waals surface area (Å²) >= 11 is 0. The first-order valence-corrected chi connectivity index (χ1v) is 5.82. The summed E-state index contributed by atoms with van der Waals surface area (Å²) in [5.41, 5.74) is -1.07. The third kappa shape index (κ3) is 1.02. The van der Waals surface area contributed by atoms with Crippen LogP contribution in [0.5, 0.6) is 0 Å². The van der Waals surface area contributed by atoms with Crippen molar-refractivity contribution in [2.75, 3.05) is 0 Å². The third-order valence-corrected chi connectivity index (χ3v) is 5.45. The van der Waals surface area contributed by atoms with Crippen LogP contribution in [0, 0.1) is 16.7 Å². The van der Waals surface area contributed by atoms with Crippen LogP contribution in [0.1, 0.15) is 40.0 Å². The lowest BCUT2D eigenvalue weighted by molar-refractivity contribution is -0.124. The van der Waals surface area contributed by atoms with E-state index in [1.54, 1.807) is 6.08 Å². The van der Waals surface area contributed by atoms with Crippen LogP contribution in [0.2, 0.25) is 0 Å². The van der Waals surface area contributed by atoms with E-state index in [9.17, 15) is 10.2 Å². The lowest BCUT2D eigenvalue weighted by Gasteiger charge is -2.40. The van der Waals surface area contributed by atoms with Gasteiger partial charge in [0.2, 0.25) is 0 Å². The highest BCUT2D eigenvalue weighted by Crippen LogP contribution is 2.69. The number of fused-ring (bicyclic) bond motifs is 2. The highest BCUT2D eigenvalue weighted by atomic mass is 16.3. The lowest BCUT2D eigenvalue weighted by atomic mass is 9.70. The Morgan fingerprint density at radius 1 is 1.40 bits per heavy atom. The third-order valence-electron chi connectivity index (χ3n) is 5.45. The van der Waals surface area contributed by atoms with Crippen molar-refractivity contribution >= 4 is 0 Å². The molecule has 86 valence electrons. The number of hydrogen-bond acceptors (Lipinski definition) is 2. The zero-order valence-electron chi connectivity index (χ0n) is 9.95. The van der Waals surface area contributed by atoms with Crippen LogP contribution < -0.4 is 0 Å². The molecule has 2 aliphatic rings. The predicted octanol–water partition coefficient (Wildman–Crippen LogP) is 2.11. The SMILES string of the molecule is C=CC[C@]1(O)[C@@H](O)[C@]2(C)CC[C@H]1C2(C)C. The standard InChI is InChI=1S/C13H22O2/c1-5-7-13(15)9-6-8-12(4,10(13)14)11(9,2)3/h5,9-10,14-15H,1,6-8H2,2-4H3/t9-,10-,12-,13+/m0/s1. The molecule has 0 radical (unpaired) electrons. The zero-order chi connectivity index (χ0) is 11.5. The average Bonchev–Trinajstić information content (AvgIpc) is 2.42. The topological polar surface area (TPSA) is 40.5 Å². The molecule has 4 atom stereocenters. The van der Waals surface area contributed by atoms with Crippen molar-refractivity contribution in [1.29, 1.82) is 0 Å². The summed E-state index contributed by atoms with van der Waals surface area (Å²) in [4.78, 5) is 0. The fourth-order valence-corrected chi connectivity index (χ4v) is 4.12. The Balaban J connectivity index is 2.46. The molecule has 2 bridgehead atoms. The van der Waals surface area contributed by atoms with Gasteiger partial charge in [-0.1, -0.05) is 26.8 Å². The van der Waals surface area contributed by atoms with Gasteiger partial charge in [-0.25, -0.2) is 0 Å². The van der Waals surface area contributed by atoms with Gasteiger partial charge in [0.1, 0.15) is 0 Å². The van der Waals surface area contributed by atoms with E-state index in [4.69, 9.17) is 0 Å². The Kier molecular flexibility index (Phi) is 2.13. The second kappa shape index (κ2) is 2.86. The highest BCUT2D eigenvalue weighted by Gasteiger charge is 2.71. The molecule has 2 aliphatic carbocycles. The van der Waals surface area contributed by atoms with Gasteiger partial charge in [-0.3, -0.25) is 0 Å². The molecule has 2 rings (SSSR count). The van der Waals surface area contributed by atoms with Gasteiger partial charge in [0.25, 0.3) is 0 Å². The van der Waals surface area contributed by atoms with Crippen molar-refractivity contribution < 1.29 is 10.2 Å². The van der Waals surface area contributed by atoms with Crippen LogP contribution in [0.4, 0.5) is 0 Å². The van der Waals surface area contributed by atoms with Crippen LogP contribution in [0.15, 0.2) is 12.7 Å². The van der Waals surface area contributed by atoms with E-state index in [1.165, 1.54) is 0 Å². The van der Waals surface area contributed by atoms with Crippen molar-refractivity contribution in [3.8, 4) is 0 Å². The van der Waals surface area contributed by atoms with Crippen LogP contribution >= 0.6 is 0 Å². The van der Waals surface area contributed by atoms with Crippen molar-refractivity contribution in [1.82, 2.24) is 0 Å². The molecule has 0 spiro atoms. The van der Waals surface area contributed by atoms with Crippen molar-refractivity contribution in [2.24, 2.45) is 16.7 Å². The molecule has 2 nitrogen and oxygen atoms in total. The van der Waals surface area contributed by atoms with E-state index < -0.39 is 11.7 Å². The summed E-state index contributed by atoms with van der Waals surface area (Å²) in [6.45, 7) is 10.1. The van der Waals surface area contributed by atoms with Crippen LogP contribution in [-0.2, 0) is 0 Å². The van der Waals surface area contributed by atoms with E-state index >= 15 is 0 Å². The molecule has 2 heteroatoms. The Labute approximate surface area is 92.0 Å². The van der Waals surface area contributed by atoms with E-state index in [1.807, 2.05) is 0 Å². The Hall–Kier alpha value is -0.340. The molecule has 2 saturated carbocycles. The maximum Gasteiger partial charge on any atom is 0.0978 e. The zero-order valence-corrected chi connectivity index (χ0v) is 9.95. The molecule has 2 fully saturated rings. The molecular formula is C13H22O2. The fraction of sp³-hybridized carbons (Fsp3) is 0.846. The van der Waals surface area contributed by atoms with E-state index in [0.717, 1.165) is 12.8 Å². The number of aliphatic hydroxyl groups is 2. The molecule has 0 aromatic heterocycles. The number of aliphatic hydroxyl groups excluding tert-OH is 1. The second-order valence-corrected chi connectivity index (χ2v) is 6.12. The largest absolute Gasteiger partial charge is 0.390 e. The maximum atomic E-state index is 10.6. The summed E-state index contributed by atoms with van der Waals surface area (Å²) in [7, 11) is 0. The minimum Gasteiger partial charge on any atom is -0.390 e. The van der Waals surface area contributed by atoms with Gasteiger partial charge in [-0.2, -0.15) is 0 Å². The van der Waals surface area contributed by atoms with Gasteiger partial charge in [0.05, 0.1) is 11.7 Å². The number of rotatable bonds is 2. The molecule has 0 unspecified atom stereocenters. The monoisotopic (exact) mass is 210 g/mol. The number of hydrogen-bond donors (Lipinski definition) is 2. The molecule has 15 heavy (non-hydrogen) atoms. The quantitative estimate of drug-likeness (QED) is 0.685. The minimum absolute atomic E-state index is 0.0180. The summed E-state index contributed by atoms with van der Waals surface area (Å²) < 4.78 is 0. The molecule has 0 aromatic carbocycles. The lowest BCUT2D eigenvalue weighted by Crippen LogP contribution is -2.49. The summed E-state index contributed by atoms with van der Waals surface area (Å²) in [5.74, 6) is 0.197. The summed E-state index contributed by atoms with van der Waals surface area (Å²) in [5, 5.41) is 21.0. The van der Waals surface area contributed by atoms with Crippen LogP contribution in [0.3, 0.4) is 0 Å². The maximum absolute atomic E-state index is 10.6. The summed E-state index contributed by atoms with van der Waals surface area (Å²) in [6, 6.07) is 0. The second-order valence-electron chi connectivity index (χ2n) is 6.12. The summed E-state index contributed by atoms with van der Waals surface area (Å²) in [6.07, 6.45) is 3.65. The Morgan fingerprint density at radius 2 is 2.00 bits per heavy atom. The Bertz CT molecular complexity index is 297. The van der Waals surface area contributed by atoms with E-state index in [0.29, 0.717) is 6.42 Å². The first kappa shape index (κ1) is 11.2. The molecule has 0 heterocycles. The minimum atomic E-state index is -0.946. The molecule has 0 saturated heterocycles. The first-order chi connectivity index (χ1) is 6.80. The van der Waals surface area contributed by atoms with E-state index in [2.05, 4.69) is 27.4 Å². The fourth-order valence-electron chi connectivity index (χ4n) is 4.12. The van der Waals surface area contributed by atoms with Crippen molar-refractivity contribution in [3.63, 3.8) is 0 Å². The normalized spacial score (nSPS) is 52.1. The molecule has 0 amide bonds. The highest BCUT2D eigenvalue weighted by molar-refractivity contribution is 5.22. The molecule has 0 aliphatic heterocycles. The van der Waals surface area contributed by atoms with Gasteiger partial charge in [-0.15, -0.1) is 6.58 Å². The average molecular weight is 210 g/mol. The van der Waals surface area contributed by atoms with Crippen molar-refractivity contribution in [2.45, 2.75) is 51.7 Å². The molecule has 0 aromatic rings. The van der Waals surface area contributed by atoms with Crippen LogP contribution in [-0.4, -0.2) is 21.9 Å². The predicted molar refractivity (Wildman–Crippen MR) is 60.4 cm³/mol. The van der Waals surface area contributed by atoms with Gasteiger partial charge in [0, 0.05) is 5.41 Å². The van der Waals surface area contributed by atoms with Crippen LogP contribution in [0.25, 0.3) is 0 Å². The molecule has 2 N–H and O–H groups in total. The Morgan fingerprint density at radius 3 is 2.40 bits per heavy atom. The first-order valence-electron chi connectivity index (χ1n) is 5.82. The van der Waals surface area contributed by atoms with Gasteiger partial charge >= 0.3 is 0 Å². The van der Waals surface area contributed by atoms with Gasteiger partial charge in [-0.05, 0) is 30.6 Å². The van der Waals surface area contributed by atoms with E-state index in [-0.39, 0.29) is 16.7 Å².